The second-order valence-corrected chi connectivity index (χ2v) is 5.14. The van der Waals surface area contributed by atoms with E-state index in [0.29, 0.717) is 12.0 Å². The first-order valence-electron chi connectivity index (χ1n) is 6.32. The van der Waals surface area contributed by atoms with Gasteiger partial charge in [-0.15, -0.1) is 0 Å². The van der Waals surface area contributed by atoms with E-state index in [9.17, 15) is 0 Å². The fourth-order valence-electron chi connectivity index (χ4n) is 1.88. The molecule has 2 atom stereocenters. The molecule has 1 aromatic heterocycles. The zero-order chi connectivity index (χ0) is 12.1. The molecule has 2 unspecified atom stereocenters. The molecule has 3 heteroatoms. The summed E-state index contributed by atoms with van der Waals surface area (Å²) in [6, 6.07) is 2.81. The first kappa shape index (κ1) is 13.2. The molecule has 0 spiro atoms. The van der Waals surface area contributed by atoms with Gasteiger partial charge in [0.15, 0.2) is 0 Å². The largest absolute Gasteiger partial charge is 0.327 e. The lowest BCUT2D eigenvalue weighted by Crippen LogP contribution is -2.25. The molecule has 0 saturated heterocycles. The fraction of sp³-hybridized carbons (Fsp3) is 0.769. The minimum atomic E-state index is 0.236. The van der Waals surface area contributed by atoms with E-state index in [0.717, 1.165) is 25.0 Å². The van der Waals surface area contributed by atoms with Crippen LogP contribution in [-0.4, -0.2) is 15.8 Å². The third-order valence-electron chi connectivity index (χ3n) is 2.95. The van der Waals surface area contributed by atoms with Gasteiger partial charge in [-0.2, -0.15) is 5.10 Å². The third kappa shape index (κ3) is 3.97. The van der Waals surface area contributed by atoms with Gasteiger partial charge in [0.2, 0.25) is 0 Å². The van der Waals surface area contributed by atoms with Gasteiger partial charge in [-0.05, 0) is 31.7 Å². The number of hydrogen-bond donors (Lipinski definition) is 1. The highest BCUT2D eigenvalue weighted by Gasteiger charge is 2.10. The lowest BCUT2D eigenvalue weighted by molar-refractivity contribution is 0.461. The second kappa shape index (κ2) is 6.04. The van der Waals surface area contributed by atoms with E-state index in [1.54, 1.807) is 0 Å². The van der Waals surface area contributed by atoms with Gasteiger partial charge < -0.3 is 5.73 Å². The Morgan fingerprint density at radius 2 is 2.06 bits per heavy atom. The Balaban J connectivity index is 2.51. The third-order valence-corrected chi connectivity index (χ3v) is 2.95. The Hall–Kier alpha value is -0.830. The summed E-state index contributed by atoms with van der Waals surface area (Å²) in [6.45, 7) is 8.77. The van der Waals surface area contributed by atoms with Crippen LogP contribution < -0.4 is 5.73 Å². The van der Waals surface area contributed by atoms with Crippen LogP contribution in [0.15, 0.2) is 12.3 Å². The van der Waals surface area contributed by atoms with Crippen LogP contribution in [0.2, 0.25) is 0 Å². The average molecular weight is 223 g/mol. The minimum Gasteiger partial charge on any atom is -0.327 e. The topological polar surface area (TPSA) is 43.8 Å². The molecule has 0 amide bonds. The van der Waals surface area contributed by atoms with Crippen LogP contribution in [0.5, 0.6) is 0 Å². The Morgan fingerprint density at radius 3 is 2.62 bits per heavy atom. The molecule has 0 fully saturated rings. The minimum absolute atomic E-state index is 0.236. The second-order valence-electron chi connectivity index (χ2n) is 5.14. The van der Waals surface area contributed by atoms with Crippen molar-refractivity contribution >= 4 is 0 Å². The molecule has 1 rings (SSSR count). The molecule has 92 valence electrons. The van der Waals surface area contributed by atoms with Crippen molar-refractivity contribution in [2.24, 2.45) is 11.7 Å². The Kier molecular flexibility index (Phi) is 5.00. The molecular formula is C13H25N3. The van der Waals surface area contributed by atoms with Crippen molar-refractivity contribution in [2.75, 3.05) is 0 Å². The van der Waals surface area contributed by atoms with Crippen LogP contribution >= 0.6 is 0 Å². The molecule has 0 aliphatic rings. The predicted octanol–water partition coefficient (Wildman–Crippen LogP) is 2.77. The maximum Gasteiger partial charge on any atom is 0.0640 e. The quantitative estimate of drug-likeness (QED) is 0.806. The molecule has 0 aliphatic heterocycles. The van der Waals surface area contributed by atoms with Crippen LogP contribution in [0.4, 0.5) is 0 Å². The van der Waals surface area contributed by atoms with Gasteiger partial charge in [-0.1, -0.05) is 20.8 Å². The van der Waals surface area contributed by atoms with Crippen molar-refractivity contribution in [1.82, 2.24) is 9.78 Å². The first-order valence-corrected chi connectivity index (χ1v) is 6.32. The van der Waals surface area contributed by atoms with Crippen molar-refractivity contribution in [3.63, 3.8) is 0 Å². The van der Waals surface area contributed by atoms with E-state index < -0.39 is 0 Å². The van der Waals surface area contributed by atoms with Crippen LogP contribution in [0.3, 0.4) is 0 Å². The molecule has 16 heavy (non-hydrogen) atoms. The molecule has 0 saturated carbocycles. The fourth-order valence-corrected chi connectivity index (χ4v) is 1.88. The maximum absolute atomic E-state index is 6.08. The van der Waals surface area contributed by atoms with Gasteiger partial charge >= 0.3 is 0 Å². The standard InChI is InChI=1S/C13H25N3/c1-5-11(4)16-7-6-13(15-16)9-12(14)8-10(2)3/h6-7,10-12H,5,8-9,14H2,1-4H3. The summed E-state index contributed by atoms with van der Waals surface area (Å²) in [5.74, 6) is 0.659. The van der Waals surface area contributed by atoms with E-state index in [2.05, 4.69) is 45.1 Å². The van der Waals surface area contributed by atoms with E-state index in [1.807, 2.05) is 4.68 Å². The molecular weight excluding hydrogens is 198 g/mol. The number of aromatic nitrogens is 2. The summed E-state index contributed by atoms with van der Waals surface area (Å²) >= 11 is 0. The number of hydrogen-bond acceptors (Lipinski definition) is 2. The van der Waals surface area contributed by atoms with Crippen molar-refractivity contribution in [3.05, 3.63) is 18.0 Å². The molecule has 0 radical (unpaired) electrons. The highest BCUT2D eigenvalue weighted by Crippen LogP contribution is 2.12. The summed E-state index contributed by atoms with van der Waals surface area (Å²) in [6.07, 6.45) is 5.13. The summed E-state index contributed by atoms with van der Waals surface area (Å²) in [7, 11) is 0. The van der Waals surface area contributed by atoms with Crippen molar-refractivity contribution in [3.8, 4) is 0 Å². The summed E-state index contributed by atoms with van der Waals surface area (Å²) in [5, 5.41) is 4.56. The summed E-state index contributed by atoms with van der Waals surface area (Å²) in [4.78, 5) is 0. The average Bonchev–Trinajstić information content (AvgIpc) is 2.63. The molecule has 0 bridgehead atoms. The van der Waals surface area contributed by atoms with Crippen molar-refractivity contribution in [2.45, 2.75) is 59.0 Å². The van der Waals surface area contributed by atoms with Crippen molar-refractivity contribution in [1.29, 1.82) is 0 Å². The Labute approximate surface area is 99.0 Å². The molecule has 0 aromatic carbocycles. The van der Waals surface area contributed by atoms with Gasteiger partial charge in [-0.3, -0.25) is 4.68 Å². The van der Waals surface area contributed by atoms with Crippen LogP contribution in [-0.2, 0) is 6.42 Å². The highest BCUT2D eigenvalue weighted by atomic mass is 15.3. The smallest absolute Gasteiger partial charge is 0.0640 e. The van der Waals surface area contributed by atoms with E-state index >= 15 is 0 Å². The molecule has 2 N–H and O–H groups in total. The van der Waals surface area contributed by atoms with Gasteiger partial charge in [0, 0.05) is 24.7 Å². The van der Waals surface area contributed by atoms with Gasteiger partial charge in [0.25, 0.3) is 0 Å². The zero-order valence-corrected chi connectivity index (χ0v) is 11.0. The van der Waals surface area contributed by atoms with Crippen molar-refractivity contribution < 1.29 is 0 Å². The lowest BCUT2D eigenvalue weighted by atomic mass is 10.0. The molecule has 1 aromatic rings. The van der Waals surface area contributed by atoms with Gasteiger partial charge in [0.1, 0.15) is 0 Å². The van der Waals surface area contributed by atoms with Crippen LogP contribution in [0, 0.1) is 5.92 Å². The normalized spacial score (nSPS) is 15.4. The Bertz CT molecular complexity index is 304. The monoisotopic (exact) mass is 223 g/mol. The number of nitrogens with two attached hydrogens (primary N) is 1. The Morgan fingerprint density at radius 1 is 1.38 bits per heavy atom. The first-order chi connectivity index (χ1) is 7.52. The lowest BCUT2D eigenvalue weighted by Gasteiger charge is -2.12. The number of rotatable bonds is 6. The molecule has 0 aliphatic carbocycles. The molecule has 3 nitrogen and oxygen atoms in total. The predicted molar refractivity (Wildman–Crippen MR) is 68.4 cm³/mol. The van der Waals surface area contributed by atoms with E-state index in [1.165, 1.54) is 0 Å². The number of nitrogens with zero attached hydrogens (tertiary/aromatic N) is 2. The summed E-state index contributed by atoms with van der Waals surface area (Å²) < 4.78 is 2.04. The highest BCUT2D eigenvalue weighted by molar-refractivity contribution is 5.01. The van der Waals surface area contributed by atoms with E-state index in [-0.39, 0.29) is 6.04 Å². The van der Waals surface area contributed by atoms with E-state index in [4.69, 9.17) is 5.73 Å². The van der Waals surface area contributed by atoms with Crippen LogP contribution in [0.25, 0.3) is 0 Å². The zero-order valence-electron chi connectivity index (χ0n) is 11.0. The molecule has 1 heterocycles. The van der Waals surface area contributed by atoms with Crippen LogP contribution in [0.1, 0.15) is 52.3 Å². The maximum atomic E-state index is 6.08. The van der Waals surface area contributed by atoms with Gasteiger partial charge in [-0.25, -0.2) is 0 Å². The van der Waals surface area contributed by atoms with Gasteiger partial charge in [0.05, 0.1) is 5.69 Å². The summed E-state index contributed by atoms with van der Waals surface area (Å²) in [5.41, 5.74) is 7.19. The SMILES string of the molecule is CCC(C)n1ccc(CC(N)CC(C)C)n1.